The molecule has 110 valence electrons. The van der Waals surface area contributed by atoms with Crippen LogP contribution in [0.1, 0.15) is 32.4 Å². The van der Waals surface area contributed by atoms with Crippen LogP contribution in [0.2, 0.25) is 0 Å². The number of primary amides is 1. The molecule has 6 heteroatoms. The number of ether oxygens (including phenoxy) is 2. The van der Waals surface area contributed by atoms with E-state index in [1.807, 2.05) is 30.3 Å². The molecule has 0 saturated heterocycles. The Kier molecular flexibility index (Phi) is 5.37. The van der Waals surface area contributed by atoms with Crippen molar-refractivity contribution in [1.82, 2.24) is 5.32 Å². The molecule has 1 aromatic carbocycles. The van der Waals surface area contributed by atoms with Gasteiger partial charge in [0.25, 0.3) is 0 Å². The van der Waals surface area contributed by atoms with Gasteiger partial charge in [-0.1, -0.05) is 30.3 Å². The van der Waals surface area contributed by atoms with E-state index in [-0.39, 0.29) is 6.61 Å². The first kappa shape index (κ1) is 15.8. The molecular weight excluding hydrogens is 260 g/mol. The van der Waals surface area contributed by atoms with Crippen LogP contribution in [0, 0.1) is 0 Å². The van der Waals surface area contributed by atoms with Crippen molar-refractivity contribution in [3.05, 3.63) is 35.9 Å². The minimum absolute atomic E-state index is 0.0570. The molecule has 0 heterocycles. The number of hydrogen-bond acceptors (Lipinski definition) is 4. The number of nitrogens with one attached hydrogen (secondary N) is 1. The molecule has 20 heavy (non-hydrogen) atoms. The lowest BCUT2D eigenvalue weighted by Gasteiger charge is -2.23. The van der Waals surface area contributed by atoms with Crippen LogP contribution >= 0.6 is 0 Å². The van der Waals surface area contributed by atoms with Crippen LogP contribution in [0.25, 0.3) is 0 Å². The minimum Gasteiger partial charge on any atom is -0.447 e. The molecular formula is C14H20N2O4. The van der Waals surface area contributed by atoms with Gasteiger partial charge in [-0.15, -0.1) is 0 Å². The monoisotopic (exact) mass is 280 g/mol. The van der Waals surface area contributed by atoms with E-state index in [1.54, 1.807) is 20.8 Å². The first-order valence-electron chi connectivity index (χ1n) is 6.24. The van der Waals surface area contributed by atoms with Gasteiger partial charge in [-0.2, -0.15) is 0 Å². The van der Waals surface area contributed by atoms with Crippen molar-refractivity contribution in [3.8, 4) is 0 Å². The van der Waals surface area contributed by atoms with Gasteiger partial charge in [0.2, 0.25) is 0 Å². The normalized spacial score (nSPS) is 12.3. The van der Waals surface area contributed by atoms with Gasteiger partial charge in [0.15, 0.2) is 0 Å². The number of carbonyl (C=O) groups is 2. The van der Waals surface area contributed by atoms with Crippen molar-refractivity contribution in [3.63, 3.8) is 0 Å². The van der Waals surface area contributed by atoms with Gasteiger partial charge in [0, 0.05) is 0 Å². The van der Waals surface area contributed by atoms with Gasteiger partial charge in [-0.05, 0) is 26.3 Å². The largest absolute Gasteiger partial charge is 0.447 e. The van der Waals surface area contributed by atoms with E-state index >= 15 is 0 Å². The fraction of sp³-hybridized carbons (Fsp3) is 0.429. The molecule has 6 nitrogen and oxygen atoms in total. The molecule has 0 unspecified atom stereocenters. The molecule has 1 aromatic rings. The van der Waals surface area contributed by atoms with E-state index in [4.69, 9.17) is 15.2 Å². The van der Waals surface area contributed by atoms with E-state index in [1.165, 1.54) is 0 Å². The van der Waals surface area contributed by atoms with Crippen LogP contribution in [0.4, 0.5) is 9.59 Å². The molecule has 0 bridgehead atoms. The Morgan fingerprint density at radius 2 is 1.85 bits per heavy atom. The lowest BCUT2D eigenvalue weighted by Crippen LogP contribution is -2.37. The predicted molar refractivity (Wildman–Crippen MR) is 74.1 cm³/mol. The van der Waals surface area contributed by atoms with Gasteiger partial charge in [0.05, 0.1) is 6.04 Å². The summed E-state index contributed by atoms with van der Waals surface area (Å²) < 4.78 is 9.93. The average molecular weight is 280 g/mol. The summed E-state index contributed by atoms with van der Waals surface area (Å²) in [6.45, 7) is 5.25. The molecule has 0 aliphatic carbocycles. The minimum atomic E-state index is -0.892. The fourth-order valence-corrected chi connectivity index (χ4v) is 1.52. The highest BCUT2D eigenvalue weighted by molar-refractivity contribution is 5.68. The maximum Gasteiger partial charge on any atom is 0.408 e. The fourth-order valence-electron chi connectivity index (χ4n) is 1.52. The zero-order valence-corrected chi connectivity index (χ0v) is 11.9. The summed E-state index contributed by atoms with van der Waals surface area (Å²) in [6, 6.07) is 8.60. The molecule has 0 aromatic heterocycles. The highest BCUT2D eigenvalue weighted by Gasteiger charge is 2.21. The van der Waals surface area contributed by atoms with Crippen molar-refractivity contribution in [2.24, 2.45) is 5.73 Å². The molecule has 1 rings (SSSR count). The van der Waals surface area contributed by atoms with Crippen molar-refractivity contribution in [2.75, 3.05) is 6.61 Å². The number of rotatable bonds is 4. The van der Waals surface area contributed by atoms with Gasteiger partial charge >= 0.3 is 12.2 Å². The SMILES string of the molecule is CC(C)(C)OC(=O)N[C@@H](COC(N)=O)c1ccccc1. The number of nitrogens with two attached hydrogens (primary N) is 1. The van der Waals surface area contributed by atoms with E-state index in [0.29, 0.717) is 0 Å². The van der Waals surface area contributed by atoms with E-state index < -0.39 is 23.8 Å². The Bertz CT molecular complexity index is 454. The molecule has 0 fully saturated rings. The standard InChI is InChI=1S/C14H20N2O4/c1-14(2,3)20-13(18)16-11(9-19-12(15)17)10-7-5-4-6-8-10/h4-8,11H,9H2,1-3H3,(H2,15,17)(H,16,18)/t11-/m0/s1. The van der Waals surface area contributed by atoms with E-state index in [2.05, 4.69) is 5.32 Å². The van der Waals surface area contributed by atoms with Crippen LogP contribution in [-0.2, 0) is 9.47 Å². The number of carbonyl (C=O) groups excluding carboxylic acids is 2. The molecule has 0 spiro atoms. The van der Waals surface area contributed by atoms with Gasteiger partial charge in [-0.3, -0.25) is 0 Å². The topological polar surface area (TPSA) is 90.7 Å². The molecule has 0 aliphatic heterocycles. The summed E-state index contributed by atoms with van der Waals surface area (Å²) in [7, 11) is 0. The number of amides is 2. The van der Waals surface area contributed by atoms with Crippen LogP contribution in [-0.4, -0.2) is 24.4 Å². The molecule has 2 amide bonds. The highest BCUT2D eigenvalue weighted by atomic mass is 16.6. The molecule has 1 atom stereocenters. The third-order valence-corrected chi connectivity index (χ3v) is 2.29. The highest BCUT2D eigenvalue weighted by Crippen LogP contribution is 2.15. The van der Waals surface area contributed by atoms with Crippen molar-refractivity contribution in [2.45, 2.75) is 32.4 Å². The lowest BCUT2D eigenvalue weighted by molar-refractivity contribution is 0.0473. The Labute approximate surface area is 118 Å². The molecule has 0 saturated carbocycles. The number of alkyl carbamates (subject to hydrolysis) is 1. The van der Waals surface area contributed by atoms with Gasteiger partial charge in [0.1, 0.15) is 12.2 Å². The molecule has 3 N–H and O–H groups in total. The summed E-state index contributed by atoms with van der Waals surface area (Å²) in [5.74, 6) is 0. The van der Waals surface area contributed by atoms with Crippen LogP contribution < -0.4 is 11.1 Å². The number of benzene rings is 1. The van der Waals surface area contributed by atoms with Crippen molar-refractivity contribution >= 4 is 12.2 Å². The predicted octanol–water partition coefficient (Wildman–Crippen LogP) is 2.35. The second-order valence-electron chi connectivity index (χ2n) is 5.24. The maximum atomic E-state index is 11.8. The summed E-state index contributed by atoms with van der Waals surface area (Å²) in [5.41, 5.74) is 5.14. The van der Waals surface area contributed by atoms with Gasteiger partial charge in [-0.25, -0.2) is 9.59 Å². The lowest BCUT2D eigenvalue weighted by atomic mass is 10.1. The number of hydrogen-bond donors (Lipinski definition) is 2. The third kappa shape index (κ3) is 6.08. The third-order valence-electron chi connectivity index (χ3n) is 2.29. The Morgan fingerprint density at radius 3 is 2.35 bits per heavy atom. The Morgan fingerprint density at radius 1 is 1.25 bits per heavy atom. The summed E-state index contributed by atoms with van der Waals surface area (Å²) in [6.07, 6.45) is -1.48. The zero-order valence-electron chi connectivity index (χ0n) is 11.9. The van der Waals surface area contributed by atoms with Crippen molar-refractivity contribution < 1.29 is 19.1 Å². The molecule has 0 aliphatic rings. The average Bonchev–Trinajstić information content (AvgIpc) is 2.33. The van der Waals surface area contributed by atoms with Crippen LogP contribution in [0.15, 0.2) is 30.3 Å². The first-order valence-corrected chi connectivity index (χ1v) is 6.24. The summed E-state index contributed by atoms with van der Waals surface area (Å²) >= 11 is 0. The van der Waals surface area contributed by atoms with Crippen molar-refractivity contribution in [1.29, 1.82) is 0 Å². The maximum absolute atomic E-state index is 11.8. The molecule has 0 radical (unpaired) electrons. The van der Waals surface area contributed by atoms with Crippen LogP contribution in [0.5, 0.6) is 0 Å². The van der Waals surface area contributed by atoms with E-state index in [0.717, 1.165) is 5.56 Å². The van der Waals surface area contributed by atoms with Gasteiger partial charge < -0.3 is 20.5 Å². The summed E-state index contributed by atoms with van der Waals surface area (Å²) in [4.78, 5) is 22.5. The second kappa shape index (κ2) is 6.79. The van der Waals surface area contributed by atoms with Crippen LogP contribution in [0.3, 0.4) is 0 Å². The zero-order chi connectivity index (χ0) is 15.2. The first-order chi connectivity index (χ1) is 9.28. The second-order valence-corrected chi connectivity index (χ2v) is 5.24. The quantitative estimate of drug-likeness (QED) is 0.885. The Balaban J connectivity index is 2.73. The smallest absolute Gasteiger partial charge is 0.408 e. The Hall–Kier alpha value is -2.24. The summed E-state index contributed by atoms with van der Waals surface area (Å²) in [5, 5.41) is 2.65. The van der Waals surface area contributed by atoms with E-state index in [9.17, 15) is 9.59 Å².